The van der Waals surface area contributed by atoms with Gasteiger partial charge in [-0.3, -0.25) is 9.59 Å². The summed E-state index contributed by atoms with van der Waals surface area (Å²) >= 11 is 0. The van der Waals surface area contributed by atoms with Gasteiger partial charge in [-0.2, -0.15) is 0 Å². The van der Waals surface area contributed by atoms with E-state index in [0.717, 1.165) is 36.8 Å². The van der Waals surface area contributed by atoms with Crippen LogP contribution in [-0.2, 0) is 4.79 Å². The lowest BCUT2D eigenvalue weighted by molar-refractivity contribution is -0.137. The lowest BCUT2D eigenvalue weighted by Gasteiger charge is -2.38. The number of nitrogens with zero attached hydrogens (tertiary/aromatic N) is 2. The maximum absolute atomic E-state index is 14.7. The van der Waals surface area contributed by atoms with Gasteiger partial charge in [-0.1, -0.05) is 86.6 Å². The van der Waals surface area contributed by atoms with Crippen LogP contribution in [0.1, 0.15) is 54.1 Å². The summed E-state index contributed by atoms with van der Waals surface area (Å²) in [6.07, 6.45) is 1.40. The predicted molar refractivity (Wildman–Crippen MR) is 175 cm³/mol. The molecule has 0 radical (unpaired) electrons. The van der Waals surface area contributed by atoms with Crippen LogP contribution < -0.4 is 10.6 Å². The average molecular weight is 595 g/mol. The minimum atomic E-state index is -0.952. The lowest BCUT2D eigenvalue weighted by atomic mass is 9.88. The maximum atomic E-state index is 14.7. The first-order valence-electron chi connectivity index (χ1n) is 15.8. The Morgan fingerprint density at radius 1 is 0.932 bits per heavy atom. The molecule has 0 saturated carbocycles. The second-order valence-corrected chi connectivity index (χ2v) is 11.7. The van der Waals surface area contributed by atoms with Crippen molar-refractivity contribution in [2.75, 3.05) is 45.8 Å². The van der Waals surface area contributed by atoms with Gasteiger partial charge < -0.3 is 20.4 Å². The van der Waals surface area contributed by atoms with E-state index in [1.165, 1.54) is 23.3 Å². The third-order valence-corrected chi connectivity index (χ3v) is 8.94. The van der Waals surface area contributed by atoms with Crippen molar-refractivity contribution < 1.29 is 14.0 Å². The van der Waals surface area contributed by atoms with Crippen molar-refractivity contribution in [3.05, 3.63) is 120 Å². The second kappa shape index (κ2) is 14.6. The summed E-state index contributed by atoms with van der Waals surface area (Å²) in [5, 5.41) is 8.22. The Bertz CT molecular complexity index is 1500. The van der Waals surface area contributed by atoms with E-state index in [4.69, 9.17) is 0 Å². The molecule has 0 bridgehead atoms. The highest BCUT2D eigenvalue weighted by Crippen LogP contribution is 2.28. The molecule has 1 fully saturated rings. The van der Waals surface area contributed by atoms with E-state index in [9.17, 15) is 14.0 Å². The monoisotopic (exact) mass is 594 g/mol. The van der Waals surface area contributed by atoms with Crippen molar-refractivity contribution >= 4 is 22.6 Å². The molecule has 44 heavy (non-hydrogen) atoms. The summed E-state index contributed by atoms with van der Waals surface area (Å²) in [6, 6.07) is 30.5. The number of hydrogen-bond acceptors (Lipinski definition) is 4. The van der Waals surface area contributed by atoms with Crippen LogP contribution in [0.4, 0.5) is 4.39 Å². The molecule has 2 N–H and O–H groups in total. The molecule has 2 amide bonds. The number of halogens is 1. The third-order valence-electron chi connectivity index (χ3n) is 8.94. The third kappa shape index (κ3) is 7.34. The molecule has 1 aliphatic heterocycles. The molecule has 0 spiro atoms. The van der Waals surface area contributed by atoms with E-state index in [0.29, 0.717) is 31.6 Å². The van der Waals surface area contributed by atoms with Gasteiger partial charge in [0.15, 0.2) is 0 Å². The largest absolute Gasteiger partial charge is 0.350 e. The molecule has 0 aromatic heterocycles. The van der Waals surface area contributed by atoms with Gasteiger partial charge in [-0.05, 0) is 78.6 Å². The molecule has 7 heteroatoms. The molecule has 0 aliphatic carbocycles. The molecule has 1 saturated heterocycles. The van der Waals surface area contributed by atoms with E-state index in [2.05, 4.69) is 53.6 Å². The minimum absolute atomic E-state index is 0.0216. The number of carbonyl (C=O) groups excluding carboxylic acids is 2. The van der Waals surface area contributed by atoms with E-state index in [1.54, 1.807) is 24.3 Å². The minimum Gasteiger partial charge on any atom is -0.350 e. The highest BCUT2D eigenvalue weighted by Gasteiger charge is 2.43. The highest BCUT2D eigenvalue weighted by atomic mass is 19.1. The van der Waals surface area contributed by atoms with Gasteiger partial charge >= 0.3 is 0 Å². The Labute approximate surface area is 260 Å². The van der Waals surface area contributed by atoms with Crippen LogP contribution in [0.2, 0.25) is 0 Å². The van der Waals surface area contributed by atoms with E-state index in [-0.39, 0.29) is 30.1 Å². The Hall–Kier alpha value is -4.07. The smallest absolute Gasteiger partial charge is 0.251 e. The van der Waals surface area contributed by atoms with Crippen molar-refractivity contribution in [3.63, 3.8) is 0 Å². The van der Waals surface area contributed by atoms with E-state index < -0.39 is 5.54 Å². The first kappa shape index (κ1) is 31.4. The molecule has 4 aromatic carbocycles. The summed E-state index contributed by atoms with van der Waals surface area (Å²) in [4.78, 5) is 32.4. The molecule has 5 rings (SSSR count). The fraction of sp³-hybridized carbons (Fsp3) is 0.351. The van der Waals surface area contributed by atoms with Crippen LogP contribution in [0.25, 0.3) is 10.8 Å². The van der Waals surface area contributed by atoms with Crippen LogP contribution >= 0.6 is 0 Å². The van der Waals surface area contributed by atoms with E-state index in [1.807, 2.05) is 41.3 Å². The summed E-state index contributed by atoms with van der Waals surface area (Å²) < 4.78 is 13.7. The number of hydrogen-bond donors (Lipinski definition) is 2. The normalized spacial score (nSPS) is 17.3. The van der Waals surface area contributed by atoms with Crippen LogP contribution in [0.5, 0.6) is 0 Å². The molecular weight excluding hydrogens is 551 g/mol. The predicted octanol–water partition coefficient (Wildman–Crippen LogP) is 5.83. The Morgan fingerprint density at radius 2 is 1.57 bits per heavy atom. The lowest BCUT2D eigenvalue weighted by Crippen LogP contribution is -2.63. The Balaban J connectivity index is 1.42. The number of rotatable bonds is 12. The van der Waals surface area contributed by atoms with Gasteiger partial charge in [0.1, 0.15) is 11.4 Å². The highest BCUT2D eigenvalue weighted by molar-refractivity contribution is 5.99. The summed E-state index contributed by atoms with van der Waals surface area (Å²) in [7, 11) is 0. The van der Waals surface area contributed by atoms with Gasteiger partial charge in [0.05, 0.1) is 0 Å². The number of nitrogens with one attached hydrogen (secondary N) is 2. The fourth-order valence-electron chi connectivity index (χ4n) is 6.25. The summed E-state index contributed by atoms with van der Waals surface area (Å²) in [6.45, 7) is 8.81. The molecular formula is C37H43FN4O2. The molecule has 0 unspecified atom stereocenters. The molecule has 6 nitrogen and oxygen atoms in total. The molecule has 1 heterocycles. The zero-order valence-corrected chi connectivity index (χ0v) is 25.8. The Morgan fingerprint density at radius 3 is 2.23 bits per heavy atom. The van der Waals surface area contributed by atoms with Crippen molar-refractivity contribution in [3.8, 4) is 0 Å². The molecule has 230 valence electrons. The molecule has 1 atom stereocenters. The summed E-state index contributed by atoms with van der Waals surface area (Å²) in [5.74, 6) is -0.519. The van der Waals surface area contributed by atoms with Gasteiger partial charge in [0.2, 0.25) is 5.91 Å². The van der Waals surface area contributed by atoms with Crippen LogP contribution in [0.15, 0.2) is 97.1 Å². The van der Waals surface area contributed by atoms with Gasteiger partial charge in [0, 0.05) is 37.7 Å². The van der Waals surface area contributed by atoms with E-state index >= 15 is 0 Å². The number of benzene rings is 4. The summed E-state index contributed by atoms with van der Waals surface area (Å²) in [5.41, 5.74) is 1.87. The van der Waals surface area contributed by atoms with Crippen LogP contribution in [-0.4, -0.2) is 73.0 Å². The number of amides is 2. The quantitative estimate of drug-likeness (QED) is 0.217. The van der Waals surface area contributed by atoms with Crippen molar-refractivity contribution in [1.82, 2.24) is 20.4 Å². The van der Waals surface area contributed by atoms with Crippen molar-refractivity contribution in [2.24, 2.45) is 0 Å². The SMILES string of the molecule is CCN(CC)CC[C@@]1(CNC(=O)c2ccc3cc(F)ccc3c2)NCCCN(CC(c2ccccc2)c2ccccc2)C1=O. The van der Waals surface area contributed by atoms with Crippen molar-refractivity contribution in [1.29, 1.82) is 0 Å². The van der Waals surface area contributed by atoms with Crippen LogP contribution in [0.3, 0.4) is 0 Å². The average Bonchev–Trinajstić information content (AvgIpc) is 3.21. The van der Waals surface area contributed by atoms with Gasteiger partial charge in [0.25, 0.3) is 5.91 Å². The standard InChI is InChI=1S/C37H43FN4O2/c1-3-41(4-2)23-20-37(27-39-35(43)32-17-16-31-25-33(38)19-18-30(31)24-32)36(44)42(22-11-21-40-37)26-34(28-12-7-5-8-13-28)29-14-9-6-10-15-29/h5-10,12-19,24-25,34,40H,3-4,11,20-23,26-27H2,1-2H3,(H,39,43)/t37-/m0/s1. The van der Waals surface area contributed by atoms with Crippen LogP contribution in [0, 0.1) is 5.82 Å². The van der Waals surface area contributed by atoms with Gasteiger partial charge in [-0.15, -0.1) is 0 Å². The topological polar surface area (TPSA) is 64.7 Å². The first-order chi connectivity index (χ1) is 21.4. The van der Waals surface area contributed by atoms with Crippen molar-refractivity contribution in [2.45, 2.75) is 38.1 Å². The first-order valence-corrected chi connectivity index (χ1v) is 15.8. The fourth-order valence-corrected chi connectivity index (χ4v) is 6.25. The van der Waals surface area contributed by atoms with Gasteiger partial charge in [-0.25, -0.2) is 4.39 Å². The zero-order valence-electron chi connectivity index (χ0n) is 25.8. The number of fused-ring (bicyclic) bond motifs is 1. The Kier molecular flexibility index (Phi) is 10.4. The zero-order chi connectivity index (χ0) is 30.9. The molecule has 4 aromatic rings. The maximum Gasteiger partial charge on any atom is 0.251 e. The number of carbonyl (C=O) groups is 2. The molecule has 1 aliphatic rings. The second-order valence-electron chi connectivity index (χ2n) is 11.7.